The summed E-state index contributed by atoms with van der Waals surface area (Å²) < 4.78 is 9.42. The third-order valence-corrected chi connectivity index (χ3v) is 2.27. The number of rotatable bonds is 4. The lowest BCUT2D eigenvalue weighted by atomic mass is 10.1. The van der Waals surface area contributed by atoms with Gasteiger partial charge in [0.25, 0.3) is 5.78 Å². The molecule has 92 valence electrons. The average Bonchev–Trinajstić information content (AvgIpc) is 2.31. The molecule has 17 heavy (non-hydrogen) atoms. The van der Waals surface area contributed by atoms with Crippen molar-refractivity contribution in [2.75, 3.05) is 13.7 Å². The van der Waals surface area contributed by atoms with Crippen LogP contribution in [0.5, 0.6) is 11.5 Å². The second-order valence-electron chi connectivity index (χ2n) is 3.05. The van der Waals surface area contributed by atoms with Gasteiger partial charge in [-0.05, 0) is 13.0 Å². The first-order chi connectivity index (χ1) is 8.01. The van der Waals surface area contributed by atoms with Gasteiger partial charge in [-0.15, -0.1) is 0 Å². The molecule has 0 bridgehead atoms. The van der Waals surface area contributed by atoms with Crippen LogP contribution in [0.2, 0.25) is 5.02 Å². The molecular formula is C11H11ClO5. The van der Waals surface area contributed by atoms with E-state index in [2.05, 4.69) is 4.74 Å². The molecule has 6 heteroatoms. The van der Waals surface area contributed by atoms with Crippen LogP contribution in [0.15, 0.2) is 12.1 Å². The minimum atomic E-state index is -1.05. The Labute approximate surface area is 103 Å². The fourth-order valence-electron chi connectivity index (χ4n) is 1.17. The first-order valence-corrected chi connectivity index (χ1v) is 5.17. The summed E-state index contributed by atoms with van der Waals surface area (Å²) in [6, 6.07) is 2.55. The molecule has 0 fully saturated rings. The molecule has 0 saturated carbocycles. The first-order valence-electron chi connectivity index (χ1n) is 4.79. The van der Waals surface area contributed by atoms with Crippen LogP contribution in [-0.2, 0) is 9.53 Å². The summed E-state index contributed by atoms with van der Waals surface area (Å²) in [6.45, 7) is 1.65. The molecule has 0 aliphatic rings. The summed E-state index contributed by atoms with van der Waals surface area (Å²) in [5.74, 6) is -2.22. The number of phenolic OH excluding ortho intramolecular Hbond substituents is 1. The van der Waals surface area contributed by atoms with Gasteiger partial charge in [-0.3, -0.25) is 4.79 Å². The van der Waals surface area contributed by atoms with E-state index in [1.807, 2.05) is 0 Å². The number of methoxy groups -OCH3 is 1. The van der Waals surface area contributed by atoms with Gasteiger partial charge in [-0.25, -0.2) is 4.79 Å². The normalized spacial score (nSPS) is 9.82. The number of carbonyl (C=O) groups excluding carboxylic acids is 2. The van der Waals surface area contributed by atoms with Gasteiger partial charge in [-0.1, -0.05) is 11.6 Å². The van der Waals surface area contributed by atoms with E-state index in [0.29, 0.717) is 0 Å². The van der Waals surface area contributed by atoms with Gasteiger partial charge in [0.2, 0.25) is 0 Å². The maximum absolute atomic E-state index is 11.6. The lowest BCUT2D eigenvalue weighted by Crippen LogP contribution is -2.17. The first kappa shape index (κ1) is 13.3. The van der Waals surface area contributed by atoms with E-state index in [1.54, 1.807) is 6.92 Å². The van der Waals surface area contributed by atoms with Crippen molar-refractivity contribution in [3.8, 4) is 11.5 Å². The number of aromatic hydroxyl groups is 1. The van der Waals surface area contributed by atoms with Gasteiger partial charge in [-0.2, -0.15) is 0 Å². The molecule has 1 N–H and O–H groups in total. The fraction of sp³-hybridized carbons (Fsp3) is 0.273. The zero-order chi connectivity index (χ0) is 13.0. The minimum absolute atomic E-state index is 0.0722. The van der Waals surface area contributed by atoms with Crippen molar-refractivity contribution in [1.29, 1.82) is 0 Å². The van der Waals surface area contributed by atoms with Crippen molar-refractivity contribution in [1.82, 2.24) is 0 Å². The minimum Gasteiger partial charge on any atom is -0.506 e. The van der Waals surface area contributed by atoms with Crippen molar-refractivity contribution in [2.24, 2.45) is 0 Å². The molecule has 0 amide bonds. The largest absolute Gasteiger partial charge is 0.506 e. The second-order valence-corrected chi connectivity index (χ2v) is 3.46. The van der Waals surface area contributed by atoms with Gasteiger partial charge in [0, 0.05) is 6.07 Å². The van der Waals surface area contributed by atoms with E-state index >= 15 is 0 Å². The molecule has 5 nitrogen and oxygen atoms in total. The molecule has 1 aromatic carbocycles. The SMILES string of the molecule is CCOC(=O)C(=O)c1cc(OC)cc(Cl)c1O. The number of Topliss-reactive ketones (excluding diaryl/α,β-unsaturated/α-hetero) is 1. The summed E-state index contributed by atoms with van der Waals surface area (Å²) in [6.07, 6.45) is 0. The van der Waals surface area contributed by atoms with E-state index < -0.39 is 17.5 Å². The Balaban J connectivity index is 3.16. The Morgan fingerprint density at radius 1 is 1.41 bits per heavy atom. The van der Waals surface area contributed by atoms with E-state index in [4.69, 9.17) is 16.3 Å². The number of phenols is 1. The molecule has 1 aromatic rings. The summed E-state index contributed by atoms with van der Waals surface area (Å²) in [5.41, 5.74) is -0.243. The molecule has 0 aliphatic heterocycles. The summed E-state index contributed by atoms with van der Waals surface area (Å²) in [5, 5.41) is 9.52. The number of carbonyl (C=O) groups is 2. The highest BCUT2D eigenvalue weighted by molar-refractivity contribution is 6.42. The van der Waals surface area contributed by atoms with E-state index in [1.165, 1.54) is 19.2 Å². The molecular weight excluding hydrogens is 248 g/mol. The van der Waals surface area contributed by atoms with Crippen molar-refractivity contribution in [3.05, 3.63) is 22.7 Å². The monoisotopic (exact) mass is 258 g/mol. The van der Waals surface area contributed by atoms with Gasteiger partial charge >= 0.3 is 5.97 Å². The number of hydrogen-bond donors (Lipinski definition) is 1. The molecule has 0 unspecified atom stereocenters. The summed E-state index contributed by atoms with van der Waals surface area (Å²) >= 11 is 5.69. The van der Waals surface area contributed by atoms with Crippen LogP contribution in [0.3, 0.4) is 0 Å². The number of halogens is 1. The van der Waals surface area contributed by atoms with Crippen LogP contribution in [-0.4, -0.2) is 30.6 Å². The Morgan fingerprint density at radius 2 is 2.06 bits per heavy atom. The number of esters is 1. The van der Waals surface area contributed by atoms with Gasteiger partial charge in [0.15, 0.2) is 0 Å². The van der Waals surface area contributed by atoms with Crippen molar-refractivity contribution in [3.63, 3.8) is 0 Å². The molecule has 0 spiro atoms. The molecule has 0 heterocycles. The Morgan fingerprint density at radius 3 is 2.59 bits per heavy atom. The van der Waals surface area contributed by atoms with Crippen LogP contribution < -0.4 is 4.74 Å². The Hall–Kier alpha value is -1.75. The van der Waals surface area contributed by atoms with E-state index in [-0.39, 0.29) is 22.9 Å². The predicted molar refractivity (Wildman–Crippen MR) is 60.6 cm³/mol. The van der Waals surface area contributed by atoms with E-state index in [0.717, 1.165) is 0 Å². The maximum Gasteiger partial charge on any atom is 0.379 e. The molecule has 1 rings (SSSR count). The Kier molecular flexibility index (Phi) is 4.34. The number of ketones is 1. The number of hydrogen-bond acceptors (Lipinski definition) is 5. The predicted octanol–water partition coefficient (Wildman–Crippen LogP) is 1.80. The van der Waals surface area contributed by atoms with Crippen molar-refractivity contribution in [2.45, 2.75) is 6.92 Å². The standard InChI is InChI=1S/C11H11ClO5/c1-3-17-11(15)10(14)7-4-6(16-2)5-8(12)9(7)13/h4-5,13H,3H2,1-2H3. The van der Waals surface area contributed by atoms with Crippen LogP contribution in [0.1, 0.15) is 17.3 Å². The maximum atomic E-state index is 11.6. The van der Waals surface area contributed by atoms with Crippen molar-refractivity contribution >= 4 is 23.4 Å². The zero-order valence-corrected chi connectivity index (χ0v) is 10.1. The lowest BCUT2D eigenvalue weighted by Gasteiger charge is -2.07. The fourth-order valence-corrected chi connectivity index (χ4v) is 1.38. The van der Waals surface area contributed by atoms with Crippen LogP contribution in [0.25, 0.3) is 0 Å². The van der Waals surface area contributed by atoms with Gasteiger partial charge in [0.1, 0.15) is 11.5 Å². The smallest absolute Gasteiger partial charge is 0.379 e. The van der Waals surface area contributed by atoms with Gasteiger partial charge < -0.3 is 14.6 Å². The molecule has 0 radical (unpaired) electrons. The average molecular weight is 259 g/mol. The van der Waals surface area contributed by atoms with Gasteiger partial charge in [0.05, 0.1) is 24.3 Å². The second kappa shape index (κ2) is 5.54. The molecule has 0 atom stereocenters. The lowest BCUT2D eigenvalue weighted by molar-refractivity contribution is -0.137. The zero-order valence-electron chi connectivity index (χ0n) is 9.32. The van der Waals surface area contributed by atoms with Crippen molar-refractivity contribution < 1.29 is 24.2 Å². The summed E-state index contributed by atoms with van der Waals surface area (Å²) in [7, 11) is 1.38. The topological polar surface area (TPSA) is 72.8 Å². The molecule has 0 aromatic heterocycles. The molecule has 0 aliphatic carbocycles. The highest BCUT2D eigenvalue weighted by Crippen LogP contribution is 2.32. The van der Waals surface area contributed by atoms with Crippen LogP contribution >= 0.6 is 11.6 Å². The van der Waals surface area contributed by atoms with E-state index in [9.17, 15) is 14.7 Å². The number of ether oxygens (including phenoxy) is 2. The quantitative estimate of drug-likeness (QED) is 0.506. The summed E-state index contributed by atoms with van der Waals surface area (Å²) in [4.78, 5) is 22.9. The number of benzene rings is 1. The highest BCUT2D eigenvalue weighted by atomic mass is 35.5. The highest BCUT2D eigenvalue weighted by Gasteiger charge is 2.23. The molecule has 0 saturated heterocycles. The Bertz CT molecular complexity index is 455. The third kappa shape index (κ3) is 2.88. The van der Waals surface area contributed by atoms with Crippen LogP contribution in [0.4, 0.5) is 0 Å². The third-order valence-electron chi connectivity index (χ3n) is 1.98. The van der Waals surface area contributed by atoms with Crippen LogP contribution in [0, 0.1) is 0 Å².